The van der Waals surface area contributed by atoms with E-state index in [9.17, 15) is 4.79 Å². The lowest BCUT2D eigenvalue weighted by Gasteiger charge is -2.03. The van der Waals surface area contributed by atoms with Crippen LogP contribution in [0.2, 0.25) is 5.02 Å². The highest BCUT2D eigenvalue weighted by Gasteiger charge is 2.13. The Kier molecular flexibility index (Phi) is 3.06. The van der Waals surface area contributed by atoms with Crippen LogP contribution in [0.3, 0.4) is 0 Å². The van der Waals surface area contributed by atoms with Crippen LogP contribution in [0.5, 0.6) is 0 Å². The number of nitrogens with zero attached hydrogens (tertiary/aromatic N) is 3. The molecule has 3 aromatic heterocycles. The predicted octanol–water partition coefficient (Wildman–Crippen LogP) is 3.49. The molecule has 7 heteroatoms. The van der Waals surface area contributed by atoms with Gasteiger partial charge in [0.2, 0.25) is 0 Å². The average Bonchev–Trinajstić information content (AvgIpc) is 3.12. The molecule has 4 aromatic rings. The zero-order valence-electron chi connectivity index (χ0n) is 11.2. The fourth-order valence-corrected chi connectivity index (χ4v) is 3.12. The number of imidazole rings is 1. The van der Waals surface area contributed by atoms with Gasteiger partial charge in [-0.25, -0.2) is 19.3 Å². The molecule has 0 spiro atoms. The molecule has 0 aliphatic heterocycles. The third kappa shape index (κ3) is 2.13. The van der Waals surface area contributed by atoms with Crippen LogP contribution in [0.15, 0.2) is 52.1 Å². The van der Waals surface area contributed by atoms with Gasteiger partial charge in [-0.1, -0.05) is 17.7 Å². The molecule has 108 valence electrons. The van der Waals surface area contributed by atoms with Gasteiger partial charge in [0.25, 0.3) is 0 Å². The molecular weight excluding hydrogens is 320 g/mol. The molecule has 0 atom stereocenters. The van der Waals surface area contributed by atoms with Gasteiger partial charge in [-0.15, -0.1) is 0 Å². The Morgan fingerprint density at radius 2 is 2.18 bits per heavy atom. The number of thiophene rings is 1. The molecule has 1 N–H and O–H groups in total. The Bertz CT molecular complexity index is 1020. The molecule has 0 bridgehead atoms. The van der Waals surface area contributed by atoms with Crippen LogP contribution in [-0.4, -0.2) is 19.5 Å². The molecule has 0 radical (unpaired) electrons. The van der Waals surface area contributed by atoms with Gasteiger partial charge in [-0.05, 0) is 29.6 Å². The highest BCUT2D eigenvalue weighted by molar-refractivity contribution is 7.08. The topological polar surface area (TPSA) is 63.6 Å². The standard InChI is InChI=1S/C15H9ClN4OS/c16-10-2-1-3-11(6-10)20-14-13(19-15(20)21)18-12(7-17-14)9-4-5-22-8-9/h1-8H,(H,18,19,21). The molecule has 3 heterocycles. The Morgan fingerprint density at radius 3 is 2.95 bits per heavy atom. The van der Waals surface area contributed by atoms with Crippen LogP contribution in [0, 0.1) is 0 Å². The zero-order chi connectivity index (χ0) is 15.1. The largest absolute Gasteiger partial charge is 0.333 e. The first-order chi connectivity index (χ1) is 10.7. The van der Waals surface area contributed by atoms with Crippen LogP contribution >= 0.6 is 22.9 Å². The molecule has 0 aliphatic rings. The summed E-state index contributed by atoms with van der Waals surface area (Å²) in [5.41, 5.74) is 3.00. The minimum Gasteiger partial charge on any atom is -0.288 e. The van der Waals surface area contributed by atoms with Gasteiger partial charge in [-0.3, -0.25) is 4.98 Å². The molecule has 0 amide bonds. The fourth-order valence-electron chi connectivity index (χ4n) is 2.29. The number of rotatable bonds is 2. The van der Waals surface area contributed by atoms with Gasteiger partial charge >= 0.3 is 5.69 Å². The Labute approximate surface area is 133 Å². The first-order valence-corrected chi connectivity index (χ1v) is 7.81. The van der Waals surface area contributed by atoms with Gasteiger partial charge in [0.1, 0.15) is 0 Å². The quantitative estimate of drug-likeness (QED) is 0.612. The number of aromatic amines is 1. The van der Waals surface area contributed by atoms with E-state index in [1.165, 1.54) is 4.57 Å². The van der Waals surface area contributed by atoms with E-state index in [2.05, 4.69) is 15.0 Å². The number of halogens is 1. The van der Waals surface area contributed by atoms with Crippen LogP contribution in [0.1, 0.15) is 0 Å². The van der Waals surface area contributed by atoms with Crippen molar-refractivity contribution in [2.24, 2.45) is 0 Å². The second-order valence-electron chi connectivity index (χ2n) is 4.68. The summed E-state index contributed by atoms with van der Waals surface area (Å²) >= 11 is 7.58. The minimum absolute atomic E-state index is 0.292. The molecule has 1 aromatic carbocycles. The minimum atomic E-state index is -0.292. The third-order valence-electron chi connectivity index (χ3n) is 3.28. The highest BCUT2D eigenvalue weighted by Crippen LogP contribution is 2.22. The van der Waals surface area contributed by atoms with E-state index in [1.807, 2.05) is 16.8 Å². The summed E-state index contributed by atoms with van der Waals surface area (Å²) in [5.74, 6) is 0. The van der Waals surface area contributed by atoms with Gasteiger partial charge < -0.3 is 0 Å². The van der Waals surface area contributed by atoms with E-state index in [1.54, 1.807) is 41.8 Å². The van der Waals surface area contributed by atoms with Crippen molar-refractivity contribution < 1.29 is 0 Å². The van der Waals surface area contributed by atoms with E-state index in [0.717, 1.165) is 11.3 Å². The molecule has 0 fully saturated rings. The second kappa shape index (κ2) is 5.08. The van der Waals surface area contributed by atoms with Crippen molar-refractivity contribution in [3.05, 3.63) is 62.8 Å². The molecule has 0 saturated heterocycles. The molecule has 5 nitrogen and oxygen atoms in total. The van der Waals surface area contributed by atoms with Crippen LogP contribution < -0.4 is 5.69 Å². The predicted molar refractivity (Wildman–Crippen MR) is 87.8 cm³/mol. The number of benzene rings is 1. The van der Waals surface area contributed by atoms with Crippen molar-refractivity contribution in [2.75, 3.05) is 0 Å². The summed E-state index contributed by atoms with van der Waals surface area (Å²) in [4.78, 5) is 23.9. The lowest BCUT2D eigenvalue weighted by Crippen LogP contribution is -2.14. The van der Waals surface area contributed by atoms with Crippen molar-refractivity contribution in [1.29, 1.82) is 0 Å². The van der Waals surface area contributed by atoms with Gasteiger partial charge in [-0.2, -0.15) is 11.3 Å². The lowest BCUT2D eigenvalue weighted by atomic mass is 10.2. The SMILES string of the molecule is O=c1[nH]c2nc(-c3ccsc3)cnc2n1-c1cccc(Cl)c1. The van der Waals surface area contributed by atoms with Crippen LogP contribution in [0.25, 0.3) is 28.2 Å². The number of H-pyrrole nitrogens is 1. The number of hydrogen-bond acceptors (Lipinski definition) is 4. The lowest BCUT2D eigenvalue weighted by molar-refractivity contribution is 1.00. The zero-order valence-corrected chi connectivity index (χ0v) is 12.7. The summed E-state index contributed by atoms with van der Waals surface area (Å²) in [6.07, 6.45) is 1.67. The maximum absolute atomic E-state index is 12.2. The number of aromatic nitrogens is 4. The highest BCUT2D eigenvalue weighted by atomic mass is 35.5. The number of nitrogens with one attached hydrogen (secondary N) is 1. The van der Waals surface area contributed by atoms with Crippen molar-refractivity contribution in [1.82, 2.24) is 19.5 Å². The third-order valence-corrected chi connectivity index (χ3v) is 4.20. The van der Waals surface area contributed by atoms with Crippen molar-refractivity contribution >= 4 is 34.2 Å². The second-order valence-corrected chi connectivity index (χ2v) is 5.90. The first-order valence-electron chi connectivity index (χ1n) is 6.49. The first kappa shape index (κ1) is 13.2. The monoisotopic (exact) mass is 328 g/mol. The Hall–Kier alpha value is -2.44. The fraction of sp³-hybridized carbons (Fsp3) is 0. The van der Waals surface area contributed by atoms with Gasteiger partial charge in [0.15, 0.2) is 11.3 Å². The van der Waals surface area contributed by atoms with E-state index in [4.69, 9.17) is 11.6 Å². The maximum Gasteiger partial charge on any atom is 0.333 e. The van der Waals surface area contributed by atoms with Gasteiger partial charge in [0.05, 0.1) is 17.6 Å². The van der Waals surface area contributed by atoms with Crippen molar-refractivity contribution in [3.8, 4) is 16.9 Å². The molecule has 0 aliphatic carbocycles. The molecule has 0 saturated carbocycles. The molecule has 4 rings (SSSR count). The van der Waals surface area contributed by atoms with Gasteiger partial charge in [0, 0.05) is 16.0 Å². The van der Waals surface area contributed by atoms with Crippen LogP contribution in [0.4, 0.5) is 0 Å². The molecular formula is C15H9ClN4OS. The van der Waals surface area contributed by atoms with E-state index < -0.39 is 0 Å². The Balaban J connectivity index is 1.94. The van der Waals surface area contributed by atoms with E-state index in [0.29, 0.717) is 22.0 Å². The normalized spacial score (nSPS) is 11.1. The summed E-state index contributed by atoms with van der Waals surface area (Å²) < 4.78 is 1.46. The number of fused-ring (bicyclic) bond motifs is 1. The van der Waals surface area contributed by atoms with Crippen molar-refractivity contribution in [2.45, 2.75) is 0 Å². The van der Waals surface area contributed by atoms with Crippen molar-refractivity contribution in [3.63, 3.8) is 0 Å². The smallest absolute Gasteiger partial charge is 0.288 e. The van der Waals surface area contributed by atoms with E-state index >= 15 is 0 Å². The van der Waals surface area contributed by atoms with E-state index in [-0.39, 0.29) is 5.69 Å². The summed E-state index contributed by atoms with van der Waals surface area (Å²) in [6, 6.07) is 9.02. The molecule has 0 unspecified atom stereocenters. The summed E-state index contributed by atoms with van der Waals surface area (Å²) in [6.45, 7) is 0. The Morgan fingerprint density at radius 1 is 1.27 bits per heavy atom. The summed E-state index contributed by atoms with van der Waals surface area (Å²) in [5, 5.41) is 4.52. The maximum atomic E-state index is 12.2. The summed E-state index contributed by atoms with van der Waals surface area (Å²) in [7, 11) is 0. The number of hydrogen-bond donors (Lipinski definition) is 1. The molecule has 22 heavy (non-hydrogen) atoms. The average molecular weight is 329 g/mol. The van der Waals surface area contributed by atoms with Crippen LogP contribution in [-0.2, 0) is 0 Å².